The number of carboxylic acids is 1. The van der Waals surface area contributed by atoms with Gasteiger partial charge in [0.05, 0.1) is 5.69 Å². The summed E-state index contributed by atoms with van der Waals surface area (Å²) < 4.78 is 1.44. The molecular weight excluding hydrogens is 220 g/mol. The van der Waals surface area contributed by atoms with E-state index in [4.69, 9.17) is 5.11 Å². The molecule has 1 heterocycles. The number of hydrogen-bond acceptors (Lipinski definition) is 4. The van der Waals surface area contributed by atoms with Crippen LogP contribution in [0, 0.1) is 6.92 Å². The van der Waals surface area contributed by atoms with Crippen LogP contribution in [0.4, 0.5) is 0 Å². The fraction of sp³-hybridized carbons (Fsp3) is 0.273. The van der Waals surface area contributed by atoms with E-state index in [0.717, 1.165) is 11.3 Å². The van der Waals surface area contributed by atoms with Crippen molar-refractivity contribution < 1.29 is 9.90 Å². The fourth-order valence-corrected chi connectivity index (χ4v) is 1.44. The van der Waals surface area contributed by atoms with Gasteiger partial charge in [0.25, 0.3) is 0 Å². The second-order valence-electron chi connectivity index (χ2n) is 3.84. The number of carboxylic acid groups (broad SMARTS) is 1. The summed E-state index contributed by atoms with van der Waals surface area (Å²) in [5, 5.41) is 20.1. The summed E-state index contributed by atoms with van der Waals surface area (Å²) in [5.74, 6) is -1.37. The lowest BCUT2D eigenvalue weighted by molar-refractivity contribution is -0.138. The zero-order chi connectivity index (χ0) is 12.4. The van der Waals surface area contributed by atoms with Crippen molar-refractivity contribution in [2.45, 2.75) is 19.8 Å². The van der Waals surface area contributed by atoms with Crippen LogP contribution < -0.4 is 0 Å². The first kappa shape index (κ1) is 11.3. The van der Waals surface area contributed by atoms with Crippen molar-refractivity contribution in [3.05, 3.63) is 35.7 Å². The maximum atomic E-state index is 10.9. The molecule has 6 heteroatoms. The van der Waals surface area contributed by atoms with E-state index in [-0.39, 0.29) is 0 Å². The van der Waals surface area contributed by atoms with Crippen LogP contribution in [0.2, 0.25) is 0 Å². The Morgan fingerprint density at radius 1 is 1.35 bits per heavy atom. The zero-order valence-corrected chi connectivity index (χ0v) is 9.53. The first-order valence-corrected chi connectivity index (χ1v) is 5.17. The highest BCUT2D eigenvalue weighted by Gasteiger charge is 2.21. The molecule has 0 aliphatic heterocycles. The average molecular weight is 232 g/mol. The lowest BCUT2D eigenvalue weighted by atomic mass is 10.1. The van der Waals surface area contributed by atoms with Crippen molar-refractivity contribution >= 4 is 5.97 Å². The third kappa shape index (κ3) is 2.15. The molecule has 1 N–H and O–H groups in total. The van der Waals surface area contributed by atoms with Crippen molar-refractivity contribution in [2.24, 2.45) is 0 Å². The molecule has 0 saturated carbocycles. The first-order valence-electron chi connectivity index (χ1n) is 5.17. The topological polar surface area (TPSA) is 80.9 Å². The molecule has 0 bridgehead atoms. The van der Waals surface area contributed by atoms with Gasteiger partial charge in [-0.3, -0.25) is 4.79 Å². The van der Waals surface area contributed by atoms with Gasteiger partial charge in [-0.15, -0.1) is 5.10 Å². The maximum absolute atomic E-state index is 10.9. The van der Waals surface area contributed by atoms with E-state index in [9.17, 15) is 4.79 Å². The van der Waals surface area contributed by atoms with Gasteiger partial charge in [0.1, 0.15) is 5.92 Å². The number of benzene rings is 1. The zero-order valence-electron chi connectivity index (χ0n) is 9.53. The van der Waals surface area contributed by atoms with Crippen molar-refractivity contribution in [2.75, 3.05) is 0 Å². The van der Waals surface area contributed by atoms with E-state index < -0.39 is 11.9 Å². The van der Waals surface area contributed by atoms with Crippen LogP contribution in [-0.2, 0) is 4.79 Å². The van der Waals surface area contributed by atoms with Gasteiger partial charge in [0, 0.05) is 0 Å². The lowest BCUT2D eigenvalue weighted by Crippen LogP contribution is -2.14. The molecule has 0 amide bonds. The third-order valence-electron chi connectivity index (χ3n) is 2.53. The van der Waals surface area contributed by atoms with Crippen LogP contribution in [0.15, 0.2) is 24.3 Å². The molecule has 88 valence electrons. The van der Waals surface area contributed by atoms with Crippen LogP contribution in [0.5, 0.6) is 0 Å². The van der Waals surface area contributed by atoms with Gasteiger partial charge in [-0.05, 0) is 36.4 Å². The number of nitrogens with zero attached hydrogens (tertiary/aromatic N) is 4. The highest BCUT2D eigenvalue weighted by Crippen LogP contribution is 2.16. The van der Waals surface area contributed by atoms with Gasteiger partial charge in [-0.1, -0.05) is 17.7 Å². The SMILES string of the molecule is Cc1ccc(-n2nnnc2C(C)C(=O)O)cc1. The average Bonchev–Trinajstić information content (AvgIpc) is 2.77. The summed E-state index contributed by atoms with van der Waals surface area (Å²) >= 11 is 0. The second kappa shape index (κ2) is 4.32. The van der Waals surface area contributed by atoms with Crippen LogP contribution in [-0.4, -0.2) is 31.3 Å². The molecule has 6 nitrogen and oxygen atoms in total. The highest BCUT2D eigenvalue weighted by atomic mass is 16.4. The molecule has 1 unspecified atom stereocenters. The van der Waals surface area contributed by atoms with E-state index >= 15 is 0 Å². The normalized spacial score (nSPS) is 12.4. The smallest absolute Gasteiger partial charge is 0.314 e. The summed E-state index contributed by atoms with van der Waals surface area (Å²) in [6.45, 7) is 3.53. The second-order valence-corrected chi connectivity index (χ2v) is 3.84. The minimum absolute atomic E-state index is 0.321. The summed E-state index contributed by atoms with van der Waals surface area (Å²) in [4.78, 5) is 10.9. The molecule has 1 aromatic carbocycles. The number of aliphatic carboxylic acids is 1. The molecule has 2 aromatic rings. The third-order valence-corrected chi connectivity index (χ3v) is 2.53. The molecule has 0 spiro atoms. The highest BCUT2D eigenvalue weighted by molar-refractivity contribution is 5.74. The predicted octanol–water partition coefficient (Wildman–Crippen LogP) is 1.16. The van der Waals surface area contributed by atoms with Gasteiger partial charge < -0.3 is 5.11 Å². The molecule has 0 saturated heterocycles. The Morgan fingerprint density at radius 2 is 2.00 bits per heavy atom. The van der Waals surface area contributed by atoms with E-state index in [1.807, 2.05) is 31.2 Å². The summed E-state index contributed by atoms with van der Waals surface area (Å²) in [6.07, 6.45) is 0. The molecule has 1 atom stereocenters. The fourth-order valence-electron chi connectivity index (χ4n) is 1.44. The Bertz CT molecular complexity index is 533. The molecule has 17 heavy (non-hydrogen) atoms. The van der Waals surface area contributed by atoms with E-state index in [1.165, 1.54) is 4.68 Å². The minimum Gasteiger partial charge on any atom is -0.481 e. The summed E-state index contributed by atoms with van der Waals surface area (Å²) in [7, 11) is 0. The van der Waals surface area contributed by atoms with E-state index in [2.05, 4.69) is 15.5 Å². The minimum atomic E-state index is -0.951. The number of carbonyl (C=O) groups is 1. The van der Waals surface area contributed by atoms with Crippen LogP contribution in [0.1, 0.15) is 24.2 Å². The molecule has 0 aliphatic carbocycles. The van der Waals surface area contributed by atoms with E-state index in [0.29, 0.717) is 5.82 Å². The monoisotopic (exact) mass is 232 g/mol. The van der Waals surface area contributed by atoms with Gasteiger partial charge in [0.2, 0.25) is 0 Å². The Balaban J connectivity index is 2.43. The quantitative estimate of drug-likeness (QED) is 0.858. The van der Waals surface area contributed by atoms with Crippen molar-refractivity contribution in [3.8, 4) is 5.69 Å². The molecule has 0 fully saturated rings. The van der Waals surface area contributed by atoms with Crippen molar-refractivity contribution in [1.82, 2.24) is 20.2 Å². The van der Waals surface area contributed by atoms with Crippen LogP contribution in [0.3, 0.4) is 0 Å². The van der Waals surface area contributed by atoms with Crippen molar-refractivity contribution in [3.63, 3.8) is 0 Å². The number of rotatable bonds is 3. The summed E-state index contributed by atoms with van der Waals surface area (Å²) in [5.41, 5.74) is 1.87. The number of aromatic nitrogens is 4. The van der Waals surface area contributed by atoms with Gasteiger partial charge >= 0.3 is 5.97 Å². The molecular formula is C11H12N4O2. The largest absolute Gasteiger partial charge is 0.481 e. The Morgan fingerprint density at radius 3 is 2.59 bits per heavy atom. The molecule has 1 aromatic heterocycles. The van der Waals surface area contributed by atoms with Gasteiger partial charge in [0.15, 0.2) is 5.82 Å². The van der Waals surface area contributed by atoms with Crippen LogP contribution >= 0.6 is 0 Å². The standard InChI is InChI=1S/C11H12N4O2/c1-7-3-5-9(6-4-7)15-10(12-13-14-15)8(2)11(16)17/h3-6,8H,1-2H3,(H,16,17). The maximum Gasteiger partial charge on any atom is 0.314 e. The van der Waals surface area contributed by atoms with E-state index in [1.54, 1.807) is 6.92 Å². The van der Waals surface area contributed by atoms with Gasteiger partial charge in [-0.2, -0.15) is 4.68 Å². The number of hydrogen-bond donors (Lipinski definition) is 1. The Hall–Kier alpha value is -2.24. The molecule has 0 radical (unpaired) electrons. The number of tetrazole rings is 1. The molecule has 2 rings (SSSR count). The summed E-state index contributed by atoms with van der Waals surface area (Å²) in [6, 6.07) is 7.55. The lowest BCUT2D eigenvalue weighted by Gasteiger charge is -2.07. The van der Waals surface area contributed by atoms with Crippen LogP contribution in [0.25, 0.3) is 5.69 Å². The Labute approximate surface area is 97.9 Å². The van der Waals surface area contributed by atoms with Crippen molar-refractivity contribution in [1.29, 1.82) is 0 Å². The first-order chi connectivity index (χ1) is 8.09. The predicted molar refractivity (Wildman–Crippen MR) is 59.9 cm³/mol. The Kier molecular flexibility index (Phi) is 2.86. The van der Waals surface area contributed by atoms with Gasteiger partial charge in [-0.25, -0.2) is 0 Å². The number of aryl methyl sites for hydroxylation is 1. The molecule has 0 aliphatic rings.